The molecule has 0 saturated carbocycles. The molecule has 0 bridgehead atoms. The van der Waals surface area contributed by atoms with Gasteiger partial charge in [0.25, 0.3) is 5.69 Å². The average molecular weight is 424 g/mol. The third kappa shape index (κ3) is 5.87. The molecule has 2 N–H and O–H groups in total. The smallest absolute Gasteiger partial charge is 0.270 e. The molecule has 0 heterocycles. The summed E-state index contributed by atoms with van der Waals surface area (Å²) in [5.74, 6) is 0.411. The van der Waals surface area contributed by atoms with Gasteiger partial charge in [0.15, 0.2) is 0 Å². The standard InChI is InChI=1S/C16H14BrN3O4S/c17-14-4-2-1-3-11(14)9-25-10-16(22)19-18-8-12-7-13(20(23)24)5-6-15(12)21/h1-8,21H,9-10H2,(H,19,22)/b18-8+. The Morgan fingerprint density at radius 2 is 2.12 bits per heavy atom. The lowest BCUT2D eigenvalue weighted by atomic mass is 10.2. The zero-order chi connectivity index (χ0) is 18.2. The van der Waals surface area contributed by atoms with Gasteiger partial charge in [0.2, 0.25) is 5.91 Å². The largest absolute Gasteiger partial charge is 0.507 e. The molecule has 0 atom stereocenters. The van der Waals surface area contributed by atoms with E-state index in [0.717, 1.165) is 10.0 Å². The van der Waals surface area contributed by atoms with Gasteiger partial charge >= 0.3 is 0 Å². The second-order valence-electron chi connectivity index (χ2n) is 4.88. The molecule has 0 spiro atoms. The number of nitrogens with zero attached hydrogens (tertiary/aromatic N) is 2. The first-order chi connectivity index (χ1) is 12.0. The third-order valence-corrected chi connectivity index (χ3v) is 4.82. The van der Waals surface area contributed by atoms with Crippen molar-refractivity contribution in [3.05, 3.63) is 68.2 Å². The highest BCUT2D eigenvalue weighted by Gasteiger charge is 2.09. The number of aromatic hydroxyl groups is 1. The molecule has 0 aliphatic rings. The van der Waals surface area contributed by atoms with Crippen LogP contribution in [-0.2, 0) is 10.5 Å². The first kappa shape index (κ1) is 18.9. The number of carbonyl (C=O) groups is 1. The van der Waals surface area contributed by atoms with Crippen molar-refractivity contribution in [3.8, 4) is 5.75 Å². The predicted molar refractivity (Wildman–Crippen MR) is 101 cm³/mol. The van der Waals surface area contributed by atoms with E-state index in [1.807, 2.05) is 24.3 Å². The van der Waals surface area contributed by atoms with E-state index in [1.165, 1.54) is 36.2 Å². The Kier molecular flexibility index (Phi) is 6.96. The van der Waals surface area contributed by atoms with Gasteiger partial charge in [0.1, 0.15) is 5.75 Å². The number of nitro groups is 1. The van der Waals surface area contributed by atoms with Crippen LogP contribution in [-0.4, -0.2) is 27.9 Å². The number of rotatable bonds is 7. The number of thioether (sulfide) groups is 1. The van der Waals surface area contributed by atoms with Crippen LogP contribution in [0.25, 0.3) is 0 Å². The highest BCUT2D eigenvalue weighted by molar-refractivity contribution is 9.10. The van der Waals surface area contributed by atoms with Crippen molar-refractivity contribution in [3.63, 3.8) is 0 Å². The lowest BCUT2D eigenvalue weighted by molar-refractivity contribution is -0.384. The van der Waals surface area contributed by atoms with Crippen molar-refractivity contribution >= 4 is 45.5 Å². The van der Waals surface area contributed by atoms with E-state index in [2.05, 4.69) is 26.5 Å². The number of phenolic OH excluding ortho intramolecular Hbond substituents is 1. The Labute approximate surface area is 156 Å². The molecule has 2 rings (SSSR count). The molecule has 9 heteroatoms. The lowest BCUT2D eigenvalue weighted by Gasteiger charge is -2.03. The zero-order valence-corrected chi connectivity index (χ0v) is 15.3. The van der Waals surface area contributed by atoms with Gasteiger partial charge in [-0.25, -0.2) is 5.43 Å². The van der Waals surface area contributed by atoms with E-state index in [0.29, 0.717) is 5.75 Å². The van der Waals surface area contributed by atoms with Crippen LogP contribution < -0.4 is 5.43 Å². The number of hydrogen-bond acceptors (Lipinski definition) is 6. The number of nitro benzene ring substituents is 1. The van der Waals surface area contributed by atoms with Crippen LogP contribution in [0.4, 0.5) is 5.69 Å². The summed E-state index contributed by atoms with van der Waals surface area (Å²) in [5, 5.41) is 24.1. The SMILES string of the molecule is O=C(CSCc1ccccc1Br)N/N=C/c1cc([N+](=O)[O-])ccc1O. The summed E-state index contributed by atoms with van der Waals surface area (Å²) in [6, 6.07) is 11.3. The minimum atomic E-state index is -0.576. The van der Waals surface area contributed by atoms with E-state index < -0.39 is 4.92 Å². The molecular formula is C16H14BrN3O4S. The number of phenols is 1. The molecule has 0 unspecified atom stereocenters. The molecule has 0 aliphatic carbocycles. The second kappa shape index (κ2) is 9.19. The molecule has 0 saturated heterocycles. The number of carbonyl (C=O) groups excluding carboxylic acids is 1. The molecule has 2 aromatic rings. The van der Waals surface area contributed by atoms with E-state index in [4.69, 9.17) is 0 Å². The molecule has 0 aliphatic heterocycles. The first-order valence-electron chi connectivity index (χ1n) is 7.08. The number of hydrazone groups is 1. The van der Waals surface area contributed by atoms with Gasteiger partial charge in [-0.15, -0.1) is 11.8 Å². The van der Waals surface area contributed by atoms with Crippen LogP contribution in [0.3, 0.4) is 0 Å². The second-order valence-corrected chi connectivity index (χ2v) is 6.72. The Morgan fingerprint density at radius 3 is 2.84 bits per heavy atom. The van der Waals surface area contributed by atoms with Crippen LogP contribution in [0, 0.1) is 10.1 Å². The van der Waals surface area contributed by atoms with Gasteiger partial charge in [-0.2, -0.15) is 5.10 Å². The summed E-state index contributed by atoms with van der Waals surface area (Å²) >= 11 is 4.87. The van der Waals surface area contributed by atoms with Crippen molar-refractivity contribution in [1.29, 1.82) is 0 Å². The Morgan fingerprint density at radius 1 is 1.36 bits per heavy atom. The highest BCUT2D eigenvalue weighted by atomic mass is 79.9. The third-order valence-electron chi connectivity index (χ3n) is 3.06. The number of nitrogens with one attached hydrogen (secondary N) is 1. The van der Waals surface area contributed by atoms with Crippen molar-refractivity contribution in [1.82, 2.24) is 5.43 Å². The van der Waals surface area contributed by atoms with Crippen molar-refractivity contribution < 1.29 is 14.8 Å². The van der Waals surface area contributed by atoms with E-state index in [9.17, 15) is 20.0 Å². The van der Waals surface area contributed by atoms with Gasteiger partial charge in [0.05, 0.1) is 16.9 Å². The number of halogens is 1. The Hall–Kier alpha value is -2.39. The molecule has 2 aromatic carbocycles. The number of hydrogen-bond donors (Lipinski definition) is 2. The van der Waals surface area contributed by atoms with Crippen LogP contribution in [0.1, 0.15) is 11.1 Å². The number of non-ortho nitro benzene ring substituents is 1. The van der Waals surface area contributed by atoms with Crippen molar-refractivity contribution in [2.75, 3.05) is 5.75 Å². The number of amides is 1. The summed E-state index contributed by atoms with van der Waals surface area (Å²) in [6.45, 7) is 0. The predicted octanol–water partition coefficient (Wildman–Crippen LogP) is 3.45. The summed E-state index contributed by atoms with van der Waals surface area (Å²) < 4.78 is 0.988. The molecule has 7 nitrogen and oxygen atoms in total. The number of benzene rings is 2. The fourth-order valence-corrected chi connectivity index (χ4v) is 3.27. The van der Waals surface area contributed by atoms with Gasteiger partial charge in [-0.3, -0.25) is 14.9 Å². The molecule has 0 radical (unpaired) electrons. The fourth-order valence-electron chi connectivity index (χ4n) is 1.83. The first-order valence-corrected chi connectivity index (χ1v) is 9.02. The summed E-state index contributed by atoms with van der Waals surface area (Å²) in [7, 11) is 0. The summed E-state index contributed by atoms with van der Waals surface area (Å²) in [6.07, 6.45) is 1.17. The van der Waals surface area contributed by atoms with Crippen LogP contribution >= 0.6 is 27.7 Å². The van der Waals surface area contributed by atoms with Gasteiger partial charge in [0, 0.05) is 27.9 Å². The molecule has 1 amide bonds. The van der Waals surface area contributed by atoms with Crippen LogP contribution in [0.5, 0.6) is 5.75 Å². The minimum absolute atomic E-state index is 0.148. The lowest BCUT2D eigenvalue weighted by Crippen LogP contribution is -2.19. The van der Waals surface area contributed by atoms with E-state index in [1.54, 1.807) is 0 Å². The van der Waals surface area contributed by atoms with Crippen molar-refractivity contribution in [2.24, 2.45) is 5.10 Å². The highest BCUT2D eigenvalue weighted by Crippen LogP contribution is 2.22. The quantitative estimate of drug-likeness (QED) is 0.403. The van der Waals surface area contributed by atoms with E-state index >= 15 is 0 Å². The maximum atomic E-state index is 11.7. The Balaban J connectivity index is 1.83. The molecule has 0 fully saturated rings. The molecular weight excluding hydrogens is 410 g/mol. The summed E-state index contributed by atoms with van der Waals surface area (Å²) in [5.41, 5.74) is 3.39. The maximum absolute atomic E-state index is 11.7. The molecule has 0 aromatic heterocycles. The Bertz CT molecular complexity index is 814. The minimum Gasteiger partial charge on any atom is -0.507 e. The fraction of sp³-hybridized carbons (Fsp3) is 0.125. The van der Waals surface area contributed by atoms with Crippen molar-refractivity contribution in [2.45, 2.75) is 5.75 Å². The zero-order valence-electron chi connectivity index (χ0n) is 12.9. The monoisotopic (exact) mass is 423 g/mol. The van der Waals surface area contributed by atoms with Crippen LogP contribution in [0.15, 0.2) is 52.0 Å². The van der Waals surface area contributed by atoms with E-state index in [-0.39, 0.29) is 28.7 Å². The van der Waals surface area contributed by atoms with Crippen LogP contribution in [0.2, 0.25) is 0 Å². The normalized spacial score (nSPS) is 10.8. The topological polar surface area (TPSA) is 105 Å². The van der Waals surface area contributed by atoms with Gasteiger partial charge in [-0.05, 0) is 17.7 Å². The average Bonchev–Trinajstić information content (AvgIpc) is 2.58. The van der Waals surface area contributed by atoms with Gasteiger partial charge < -0.3 is 5.11 Å². The summed E-state index contributed by atoms with van der Waals surface area (Å²) in [4.78, 5) is 21.9. The van der Waals surface area contributed by atoms with Gasteiger partial charge in [-0.1, -0.05) is 34.1 Å². The molecule has 25 heavy (non-hydrogen) atoms. The molecule has 130 valence electrons. The maximum Gasteiger partial charge on any atom is 0.270 e.